The van der Waals surface area contributed by atoms with E-state index in [4.69, 9.17) is 14.1 Å². The number of nitrogens with one attached hydrogen (secondary N) is 1. The van der Waals surface area contributed by atoms with E-state index in [9.17, 15) is 14.7 Å². The molecule has 0 radical (unpaired) electrons. The summed E-state index contributed by atoms with van der Waals surface area (Å²) in [5, 5.41) is 22.8. The van der Waals surface area contributed by atoms with E-state index >= 15 is 0 Å². The summed E-state index contributed by atoms with van der Waals surface area (Å²) in [4.78, 5) is 26.5. The van der Waals surface area contributed by atoms with Gasteiger partial charge in [0.05, 0.1) is 18.8 Å². The summed E-state index contributed by atoms with van der Waals surface area (Å²) >= 11 is 0. The van der Waals surface area contributed by atoms with Crippen molar-refractivity contribution in [3.8, 4) is 0 Å². The SMILES string of the molecule is COC(=O)C1C(c2cccc3nonc23)C(C(=O)OC(C)C)=C(C)NC1(O)c1ccccc1. The van der Waals surface area contributed by atoms with E-state index in [1.807, 2.05) is 0 Å². The number of hydrogen-bond donors (Lipinski definition) is 2. The molecule has 0 saturated heterocycles. The number of hydrogen-bond acceptors (Lipinski definition) is 9. The van der Waals surface area contributed by atoms with Crippen LogP contribution in [0.25, 0.3) is 11.0 Å². The Bertz CT molecular complexity index is 1220. The maximum absolute atomic E-state index is 13.3. The van der Waals surface area contributed by atoms with Gasteiger partial charge >= 0.3 is 11.9 Å². The van der Waals surface area contributed by atoms with Gasteiger partial charge in [0.2, 0.25) is 0 Å². The summed E-state index contributed by atoms with van der Waals surface area (Å²) in [5.41, 5.74) is 0.412. The van der Waals surface area contributed by atoms with Crippen molar-refractivity contribution in [2.24, 2.45) is 5.92 Å². The molecule has 9 heteroatoms. The first-order chi connectivity index (χ1) is 15.8. The number of esters is 2. The number of rotatable bonds is 5. The van der Waals surface area contributed by atoms with Gasteiger partial charge in [0.15, 0.2) is 5.72 Å². The first-order valence-corrected chi connectivity index (χ1v) is 10.5. The monoisotopic (exact) mass is 451 g/mol. The Morgan fingerprint density at radius 1 is 1.12 bits per heavy atom. The summed E-state index contributed by atoms with van der Waals surface area (Å²) < 4.78 is 15.5. The minimum absolute atomic E-state index is 0.190. The zero-order chi connectivity index (χ0) is 23.8. The molecule has 3 aromatic rings. The number of nitrogens with zero attached hydrogens (tertiary/aromatic N) is 2. The molecule has 0 fully saturated rings. The molecule has 172 valence electrons. The highest BCUT2D eigenvalue weighted by molar-refractivity contribution is 5.95. The van der Waals surface area contributed by atoms with Gasteiger partial charge in [0, 0.05) is 17.2 Å². The number of carbonyl (C=O) groups excluding carboxylic acids is 2. The molecule has 1 aliphatic rings. The molecular weight excluding hydrogens is 426 g/mol. The van der Waals surface area contributed by atoms with Gasteiger partial charge in [-0.2, -0.15) is 0 Å². The molecule has 2 N–H and O–H groups in total. The Kier molecular flexibility index (Phi) is 5.90. The van der Waals surface area contributed by atoms with Crippen LogP contribution >= 0.6 is 0 Å². The van der Waals surface area contributed by atoms with E-state index < -0.39 is 35.6 Å². The molecule has 0 amide bonds. The fraction of sp³-hybridized carbons (Fsp3) is 0.333. The van der Waals surface area contributed by atoms with Gasteiger partial charge in [-0.15, -0.1) is 0 Å². The standard InChI is InChI=1S/C24H25N3O6/c1-13(2)32-22(28)18-14(3)25-24(30,15-9-6-5-7-10-15)20(23(29)31-4)19(18)16-11-8-12-17-21(16)27-33-26-17/h5-13,19-20,25,30H,1-4H3. The average molecular weight is 451 g/mol. The quantitative estimate of drug-likeness (QED) is 0.564. The number of benzene rings is 2. The minimum Gasteiger partial charge on any atom is -0.469 e. The summed E-state index contributed by atoms with van der Waals surface area (Å²) in [6.45, 7) is 5.13. The third-order valence-electron chi connectivity index (χ3n) is 5.76. The van der Waals surface area contributed by atoms with Crippen molar-refractivity contribution in [2.45, 2.75) is 38.5 Å². The van der Waals surface area contributed by atoms with E-state index in [1.165, 1.54) is 7.11 Å². The molecule has 0 spiro atoms. The molecule has 0 aliphatic carbocycles. The van der Waals surface area contributed by atoms with Crippen LogP contribution in [-0.2, 0) is 24.8 Å². The van der Waals surface area contributed by atoms with E-state index in [-0.39, 0.29) is 5.57 Å². The lowest BCUT2D eigenvalue weighted by Gasteiger charge is -2.45. The Morgan fingerprint density at radius 3 is 2.52 bits per heavy atom. The summed E-state index contributed by atoms with van der Waals surface area (Å²) in [6.07, 6.45) is -0.394. The van der Waals surface area contributed by atoms with Crippen LogP contribution in [-0.4, -0.2) is 40.6 Å². The second-order valence-corrected chi connectivity index (χ2v) is 8.21. The topological polar surface area (TPSA) is 124 Å². The van der Waals surface area contributed by atoms with Crippen molar-refractivity contribution in [2.75, 3.05) is 7.11 Å². The van der Waals surface area contributed by atoms with Crippen LogP contribution in [0.3, 0.4) is 0 Å². The van der Waals surface area contributed by atoms with Crippen LogP contribution < -0.4 is 5.32 Å². The lowest BCUT2D eigenvalue weighted by atomic mass is 9.69. The van der Waals surface area contributed by atoms with Gasteiger partial charge in [-0.3, -0.25) is 4.79 Å². The van der Waals surface area contributed by atoms with Crippen molar-refractivity contribution in [1.29, 1.82) is 0 Å². The van der Waals surface area contributed by atoms with Gasteiger partial charge in [0.1, 0.15) is 17.0 Å². The summed E-state index contributed by atoms with van der Waals surface area (Å²) in [7, 11) is 1.24. The third kappa shape index (κ3) is 3.84. The molecule has 4 rings (SSSR count). The van der Waals surface area contributed by atoms with E-state index in [2.05, 4.69) is 15.6 Å². The maximum atomic E-state index is 13.3. The molecule has 3 atom stereocenters. The van der Waals surface area contributed by atoms with Crippen molar-refractivity contribution in [1.82, 2.24) is 15.6 Å². The Hall–Kier alpha value is -3.72. The second kappa shape index (κ2) is 8.67. The van der Waals surface area contributed by atoms with Crippen LogP contribution in [0.1, 0.15) is 37.8 Å². The van der Waals surface area contributed by atoms with Crippen molar-refractivity contribution < 1.29 is 28.8 Å². The van der Waals surface area contributed by atoms with E-state index in [1.54, 1.807) is 69.3 Å². The number of fused-ring (bicyclic) bond motifs is 1. The van der Waals surface area contributed by atoms with Gasteiger partial charge in [-0.1, -0.05) is 42.5 Å². The first-order valence-electron chi connectivity index (χ1n) is 10.5. The largest absolute Gasteiger partial charge is 0.469 e. The average Bonchev–Trinajstić information content (AvgIpc) is 3.27. The Balaban J connectivity index is 2.02. The van der Waals surface area contributed by atoms with Crippen LogP contribution in [0.5, 0.6) is 0 Å². The Morgan fingerprint density at radius 2 is 1.85 bits per heavy atom. The molecule has 0 bridgehead atoms. The van der Waals surface area contributed by atoms with E-state index in [0.717, 1.165) is 0 Å². The van der Waals surface area contributed by atoms with Crippen LogP contribution in [0, 0.1) is 5.92 Å². The lowest BCUT2D eigenvalue weighted by Crippen LogP contribution is -2.57. The van der Waals surface area contributed by atoms with Gasteiger partial charge in [0.25, 0.3) is 0 Å². The molecule has 1 aromatic heterocycles. The number of aromatic nitrogens is 2. The van der Waals surface area contributed by atoms with Crippen molar-refractivity contribution in [3.63, 3.8) is 0 Å². The summed E-state index contributed by atoms with van der Waals surface area (Å²) in [6, 6.07) is 13.8. The number of carbonyl (C=O) groups is 2. The van der Waals surface area contributed by atoms with Crippen molar-refractivity contribution >= 4 is 23.0 Å². The van der Waals surface area contributed by atoms with E-state index in [0.29, 0.717) is 27.9 Å². The zero-order valence-electron chi connectivity index (χ0n) is 18.7. The third-order valence-corrected chi connectivity index (χ3v) is 5.76. The lowest BCUT2D eigenvalue weighted by molar-refractivity contribution is -0.163. The second-order valence-electron chi connectivity index (χ2n) is 8.21. The summed E-state index contributed by atoms with van der Waals surface area (Å²) in [5.74, 6) is -3.55. The predicted molar refractivity (Wildman–Crippen MR) is 117 cm³/mol. The van der Waals surface area contributed by atoms with Gasteiger partial charge < -0.3 is 19.9 Å². The molecule has 2 aromatic carbocycles. The van der Waals surface area contributed by atoms with Gasteiger partial charge in [-0.05, 0) is 42.7 Å². The molecule has 0 saturated carbocycles. The number of aliphatic hydroxyl groups is 1. The molecule has 9 nitrogen and oxygen atoms in total. The smallest absolute Gasteiger partial charge is 0.336 e. The predicted octanol–water partition coefficient (Wildman–Crippen LogP) is 2.77. The van der Waals surface area contributed by atoms with Crippen LogP contribution in [0.2, 0.25) is 0 Å². The highest BCUT2D eigenvalue weighted by atomic mass is 16.6. The van der Waals surface area contributed by atoms with Crippen LogP contribution in [0.4, 0.5) is 0 Å². The van der Waals surface area contributed by atoms with Crippen molar-refractivity contribution in [3.05, 3.63) is 70.9 Å². The molecule has 2 heterocycles. The molecule has 3 unspecified atom stereocenters. The Labute approximate surface area is 190 Å². The fourth-order valence-corrected chi connectivity index (χ4v) is 4.42. The highest BCUT2D eigenvalue weighted by Gasteiger charge is 2.55. The highest BCUT2D eigenvalue weighted by Crippen LogP contribution is 2.48. The fourth-order valence-electron chi connectivity index (χ4n) is 4.42. The number of methoxy groups -OCH3 is 1. The van der Waals surface area contributed by atoms with Crippen LogP contribution in [0.15, 0.2) is 64.4 Å². The molecule has 33 heavy (non-hydrogen) atoms. The molecule has 1 aliphatic heterocycles. The first kappa shape index (κ1) is 22.5. The zero-order valence-corrected chi connectivity index (χ0v) is 18.7. The molecular formula is C24H25N3O6. The van der Waals surface area contributed by atoms with Gasteiger partial charge in [-0.25, -0.2) is 9.42 Å². The minimum atomic E-state index is -1.88. The number of allylic oxidation sites excluding steroid dienone is 1. The normalized spacial score (nSPS) is 22.8. The number of ether oxygens (including phenoxy) is 2. The maximum Gasteiger partial charge on any atom is 0.336 e.